The standard InChI is InChI=1S/C22H30N6O2S/c1-22(2,3)17-7-9-18(10-8-17)31(29,30)26-11-14-28-21-19(15-25-28)20(23-16-24-21)27-12-5-4-6-13-27/h7-10,15-16,26H,4-6,11-14H2,1-3H3. The summed E-state index contributed by atoms with van der Waals surface area (Å²) < 4.78 is 29.7. The van der Waals surface area contributed by atoms with Gasteiger partial charge in [0.25, 0.3) is 0 Å². The van der Waals surface area contributed by atoms with Crippen LogP contribution in [0.2, 0.25) is 0 Å². The van der Waals surface area contributed by atoms with Crippen LogP contribution in [0.4, 0.5) is 5.82 Å². The molecular weight excluding hydrogens is 412 g/mol. The molecule has 166 valence electrons. The van der Waals surface area contributed by atoms with Crippen LogP contribution in [0.5, 0.6) is 0 Å². The Hall–Kier alpha value is -2.52. The fourth-order valence-electron chi connectivity index (χ4n) is 3.91. The van der Waals surface area contributed by atoms with Crippen LogP contribution in [0.25, 0.3) is 11.0 Å². The molecule has 0 radical (unpaired) electrons. The number of nitrogens with zero attached hydrogens (tertiary/aromatic N) is 5. The van der Waals surface area contributed by atoms with E-state index in [-0.39, 0.29) is 16.9 Å². The Balaban J connectivity index is 1.44. The monoisotopic (exact) mass is 442 g/mol. The Morgan fingerprint density at radius 2 is 1.74 bits per heavy atom. The summed E-state index contributed by atoms with van der Waals surface area (Å²) in [5, 5.41) is 5.34. The van der Waals surface area contributed by atoms with Crippen LogP contribution in [0, 0.1) is 0 Å². The van der Waals surface area contributed by atoms with Gasteiger partial charge >= 0.3 is 0 Å². The first-order valence-corrected chi connectivity index (χ1v) is 12.3. The van der Waals surface area contributed by atoms with Gasteiger partial charge in [-0.2, -0.15) is 5.10 Å². The number of aromatic nitrogens is 4. The lowest BCUT2D eigenvalue weighted by atomic mass is 9.87. The highest BCUT2D eigenvalue weighted by molar-refractivity contribution is 7.89. The average Bonchev–Trinajstić information content (AvgIpc) is 3.17. The van der Waals surface area contributed by atoms with Crippen molar-refractivity contribution in [2.75, 3.05) is 24.5 Å². The van der Waals surface area contributed by atoms with Gasteiger partial charge < -0.3 is 4.90 Å². The minimum absolute atomic E-state index is 0.0220. The van der Waals surface area contributed by atoms with Crippen LogP contribution in [-0.4, -0.2) is 47.8 Å². The van der Waals surface area contributed by atoms with Gasteiger partial charge in [0, 0.05) is 19.6 Å². The van der Waals surface area contributed by atoms with Crippen LogP contribution in [0.1, 0.15) is 45.6 Å². The van der Waals surface area contributed by atoms with Crippen LogP contribution in [0.3, 0.4) is 0 Å². The number of piperidine rings is 1. The second-order valence-electron chi connectivity index (χ2n) is 9.02. The Morgan fingerprint density at radius 3 is 2.42 bits per heavy atom. The zero-order valence-electron chi connectivity index (χ0n) is 18.4. The summed E-state index contributed by atoms with van der Waals surface area (Å²) in [4.78, 5) is 11.4. The maximum Gasteiger partial charge on any atom is 0.240 e. The number of sulfonamides is 1. The third-order valence-corrected chi connectivity index (χ3v) is 7.19. The molecule has 0 aliphatic carbocycles. The van der Waals surface area contributed by atoms with Gasteiger partial charge in [-0.05, 0) is 42.4 Å². The van der Waals surface area contributed by atoms with E-state index in [9.17, 15) is 8.42 Å². The minimum Gasteiger partial charge on any atom is -0.356 e. The van der Waals surface area contributed by atoms with E-state index in [1.807, 2.05) is 12.1 Å². The number of anilines is 1. The van der Waals surface area contributed by atoms with Gasteiger partial charge in [-0.3, -0.25) is 0 Å². The summed E-state index contributed by atoms with van der Waals surface area (Å²) in [6.07, 6.45) is 6.92. The van der Waals surface area contributed by atoms with Crippen molar-refractivity contribution in [1.82, 2.24) is 24.5 Å². The molecule has 31 heavy (non-hydrogen) atoms. The van der Waals surface area contributed by atoms with Gasteiger partial charge in [0.2, 0.25) is 10.0 Å². The number of benzene rings is 1. The summed E-state index contributed by atoms with van der Waals surface area (Å²) >= 11 is 0. The predicted octanol–water partition coefficient (Wildman–Crippen LogP) is 3.09. The SMILES string of the molecule is CC(C)(C)c1ccc(S(=O)(=O)NCCn2ncc3c(N4CCCCC4)ncnc32)cc1. The summed E-state index contributed by atoms with van der Waals surface area (Å²) in [6.45, 7) is 8.90. The molecule has 9 heteroatoms. The molecule has 0 atom stereocenters. The summed E-state index contributed by atoms with van der Waals surface area (Å²) in [7, 11) is -3.59. The summed E-state index contributed by atoms with van der Waals surface area (Å²) in [5.74, 6) is 0.912. The largest absolute Gasteiger partial charge is 0.356 e. The first-order chi connectivity index (χ1) is 14.8. The van der Waals surface area contributed by atoms with Crippen LogP contribution < -0.4 is 9.62 Å². The molecule has 0 saturated carbocycles. The molecule has 3 aromatic rings. The molecule has 8 nitrogen and oxygen atoms in total. The lowest BCUT2D eigenvalue weighted by molar-refractivity contribution is 0.563. The molecule has 3 heterocycles. The van der Waals surface area contributed by atoms with E-state index in [0.29, 0.717) is 6.54 Å². The molecule has 1 aromatic carbocycles. The number of hydrogen-bond acceptors (Lipinski definition) is 6. The molecule has 1 fully saturated rings. The van der Waals surface area contributed by atoms with Crippen molar-refractivity contribution in [3.63, 3.8) is 0 Å². The lowest BCUT2D eigenvalue weighted by Gasteiger charge is -2.27. The number of rotatable bonds is 6. The molecule has 0 bridgehead atoms. The van der Waals surface area contributed by atoms with Crippen molar-refractivity contribution in [2.24, 2.45) is 0 Å². The highest BCUT2D eigenvalue weighted by atomic mass is 32.2. The molecule has 0 unspecified atom stereocenters. The summed E-state index contributed by atoms with van der Waals surface area (Å²) in [5.41, 5.74) is 1.80. The zero-order valence-corrected chi connectivity index (χ0v) is 19.2. The number of hydrogen-bond donors (Lipinski definition) is 1. The molecule has 1 saturated heterocycles. The quantitative estimate of drug-likeness (QED) is 0.631. The Morgan fingerprint density at radius 1 is 1.03 bits per heavy atom. The van der Waals surface area contributed by atoms with Crippen molar-refractivity contribution in [3.8, 4) is 0 Å². The fourth-order valence-corrected chi connectivity index (χ4v) is 4.93. The van der Waals surface area contributed by atoms with Gasteiger partial charge in [0.15, 0.2) is 5.65 Å². The van der Waals surface area contributed by atoms with Gasteiger partial charge in [0.1, 0.15) is 12.1 Å². The number of nitrogens with one attached hydrogen (secondary N) is 1. The van der Waals surface area contributed by atoms with Crippen molar-refractivity contribution in [1.29, 1.82) is 0 Å². The molecule has 1 aliphatic heterocycles. The highest BCUT2D eigenvalue weighted by Gasteiger charge is 2.19. The van der Waals surface area contributed by atoms with E-state index in [1.165, 1.54) is 6.42 Å². The highest BCUT2D eigenvalue weighted by Crippen LogP contribution is 2.25. The van der Waals surface area contributed by atoms with Gasteiger partial charge in [-0.15, -0.1) is 0 Å². The minimum atomic E-state index is -3.59. The van der Waals surface area contributed by atoms with E-state index in [2.05, 4.69) is 45.5 Å². The Kier molecular flexibility index (Phi) is 5.98. The molecule has 0 amide bonds. The fraction of sp³-hybridized carbons (Fsp3) is 0.500. The lowest BCUT2D eigenvalue weighted by Crippen LogP contribution is -2.30. The molecule has 2 aromatic heterocycles. The van der Waals surface area contributed by atoms with Crippen molar-refractivity contribution >= 4 is 26.9 Å². The normalized spacial score (nSPS) is 15.5. The Bertz CT molecular complexity index is 1140. The second kappa shape index (κ2) is 8.55. The van der Waals surface area contributed by atoms with Crippen LogP contribution >= 0.6 is 0 Å². The molecule has 0 spiro atoms. The maximum absolute atomic E-state index is 12.7. The molecular formula is C22H30N6O2S. The molecule has 1 aliphatic rings. The maximum atomic E-state index is 12.7. The Labute approximate surface area is 183 Å². The molecule has 4 rings (SSSR count). The smallest absolute Gasteiger partial charge is 0.240 e. The first kappa shape index (κ1) is 21.7. The van der Waals surface area contributed by atoms with E-state index >= 15 is 0 Å². The van der Waals surface area contributed by atoms with Crippen molar-refractivity contribution in [2.45, 2.75) is 56.9 Å². The van der Waals surface area contributed by atoms with Gasteiger partial charge in [-0.1, -0.05) is 32.9 Å². The molecule has 1 N–H and O–H groups in total. The predicted molar refractivity (Wildman–Crippen MR) is 122 cm³/mol. The first-order valence-electron chi connectivity index (χ1n) is 10.8. The van der Waals surface area contributed by atoms with Gasteiger partial charge in [0.05, 0.1) is 23.0 Å². The van der Waals surface area contributed by atoms with E-state index in [4.69, 9.17) is 0 Å². The summed E-state index contributed by atoms with van der Waals surface area (Å²) in [6, 6.07) is 7.05. The van der Waals surface area contributed by atoms with E-state index in [1.54, 1.807) is 29.3 Å². The van der Waals surface area contributed by atoms with Gasteiger partial charge in [-0.25, -0.2) is 27.8 Å². The van der Waals surface area contributed by atoms with Crippen LogP contribution in [-0.2, 0) is 22.0 Å². The average molecular weight is 443 g/mol. The third-order valence-electron chi connectivity index (χ3n) is 5.71. The van der Waals surface area contributed by atoms with Crippen molar-refractivity contribution in [3.05, 3.63) is 42.4 Å². The third kappa shape index (κ3) is 4.72. The number of fused-ring (bicyclic) bond motifs is 1. The van der Waals surface area contributed by atoms with Crippen LogP contribution in [0.15, 0.2) is 41.7 Å². The van der Waals surface area contributed by atoms with E-state index in [0.717, 1.165) is 48.3 Å². The van der Waals surface area contributed by atoms with E-state index < -0.39 is 10.0 Å². The van der Waals surface area contributed by atoms with Crippen molar-refractivity contribution < 1.29 is 8.42 Å². The second-order valence-corrected chi connectivity index (χ2v) is 10.8. The topological polar surface area (TPSA) is 93.0 Å². The zero-order chi connectivity index (χ0) is 22.1.